The molecule has 1 aliphatic carbocycles. The van der Waals surface area contributed by atoms with Crippen molar-refractivity contribution in [2.75, 3.05) is 7.11 Å². The first kappa shape index (κ1) is 11.8. The van der Waals surface area contributed by atoms with Gasteiger partial charge in [0, 0.05) is 13.3 Å². The molecule has 0 amide bonds. The molecule has 0 saturated carbocycles. The number of carbonyl (C=O) groups excluding carboxylic acids is 2. The summed E-state index contributed by atoms with van der Waals surface area (Å²) in [5, 5.41) is 0. The lowest BCUT2D eigenvalue weighted by Gasteiger charge is -2.26. The molecule has 84 valence electrons. The Kier molecular flexibility index (Phi) is 3.88. The highest BCUT2D eigenvalue weighted by Crippen LogP contribution is 2.26. The topological polar surface area (TPSA) is 52.6 Å². The molecule has 1 aliphatic rings. The van der Waals surface area contributed by atoms with E-state index in [2.05, 4.69) is 4.74 Å². The molecule has 0 N–H and O–H groups in total. The summed E-state index contributed by atoms with van der Waals surface area (Å²) in [7, 11) is 1.37. The molecule has 2 atom stereocenters. The van der Waals surface area contributed by atoms with E-state index in [-0.39, 0.29) is 24.0 Å². The predicted molar refractivity (Wildman–Crippen MR) is 54.1 cm³/mol. The Hall–Kier alpha value is -1.32. The van der Waals surface area contributed by atoms with Gasteiger partial charge in [0.1, 0.15) is 6.10 Å². The van der Waals surface area contributed by atoms with Crippen LogP contribution < -0.4 is 0 Å². The third kappa shape index (κ3) is 3.08. The summed E-state index contributed by atoms with van der Waals surface area (Å²) >= 11 is 0. The number of carbonyl (C=O) groups is 2. The minimum absolute atomic E-state index is 0.192. The Morgan fingerprint density at radius 1 is 1.47 bits per heavy atom. The van der Waals surface area contributed by atoms with Gasteiger partial charge in [0.05, 0.1) is 13.0 Å². The van der Waals surface area contributed by atoms with Crippen molar-refractivity contribution in [3.8, 4) is 0 Å². The Morgan fingerprint density at radius 2 is 2.13 bits per heavy atom. The molecule has 1 rings (SSSR count). The highest BCUT2D eigenvalue weighted by atomic mass is 16.5. The maximum atomic E-state index is 11.3. The van der Waals surface area contributed by atoms with E-state index in [1.807, 2.05) is 13.0 Å². The first-order chi connectivity index (χ1) is 7.04. The van der Waals surface area contributed by atoms with Crippen LogP contribution in [0.1, 0.15) is 26.7 Å². The number of allylic oxidation sites excluding steroid dienone is 1. The van der Waals surface area contributed by atoms with E-state index in [1.54, 1.807) is 0 Å². The number of rotatable bonds is 2. The van der Waals surface area contributed by atoms with Gasteiger partial charge in [-0.2, -0.15) is 0 Å². The van der Waals surface area contributed by atoms with Crippen LogP contribution in [0.25, 0.3) is 0 Å². The van der Waals surface area contributed by atoms with E-state index in [1.165, 1.54) is 14.0 Å². The molecule has 0 aromatic heterocycles. The van der Waals surface area contributed by atoms with Crippen molar-refractivity contribution in [2.24, 2.45) is 5.92 Å². The third-order valence-corrected chi connectivity index (χ3v) is 2.57. The molecule has 0 unspecified atom stereocenters. The van der Waals surface area contributed by atoms with E-state index in [4.69, 9.17) is 4.74 Å². The summed E-state index contributed by atoms with van der Waals surface area (Å²) in [6.07, 6.45) is 2.84. The van der Waals surface area contributed by atoms with Gasteiger partial charge in [-0.15, -0.1) is 0 Å². The van der Waals surface area contributed by atoms with E-state index >= 15 is 0 Å². The first-order valence-corrected chi connectivity index (χ1v) is 4.96. The van der Waals surface area contributed by atoms with Gasteiger partial charge >= 0.3 is 11.9 Å². The standard InChI is InChI=1S/C11H16O4/c1-7-4-5-9(11(13)14-3)6-10(7)15-8(2)12/h4,9-10H,5-6H2,1-3H3/t9-,10-/m1/s1. The molecule has 4 nitrogen and oxygen atoms in total. The molecule has 0 radical (unpaired) electrons. The third-order valence-electron chi connectivity index (χ3n) is 2.57. The lowest BCUT2D eigenvalue weighted by atomic mass is 9.88. The molecule has 15 heavy (non-hydrogen) atoms. The molecular formula is C11H16O4. The Bertz CT molecular complexity index is 293. The van der Waals surface area contributed by atoms with Gasteiger partial charge in [-0.05, 0) is 18.9 Å². The minimum Gasteiger partial charge on any atom is -0.469 e. The Labute approximate surface area is 89.2 Å². The first-order valence-electron chi connectivity index (χ1n) is 4.96. The van der Waals surface area contributed by atoms with Gasteiger partial charge in [-0.1, -0.05) is 6.08 Å². The van der Waals surface area contributed by atoms with Crippen molar-refractivity contribution >= 4 is 11.9 Å². The van der Waals surface area contributed by atoms with Crippen LogP contribution in [-0.2, 0) is 19.1 Å². The summed E-state index contributed by atoms with van der Waals surface area (Å²) in [6.45, 7) is 3.27. The molecule has 0 aromatic carbocycles. The van der Waals surface area contributed by atoms with Gasteiger partial charge < -0.3 is 9.47 Å². The maximum absolute atomic E-state index is 11.3. The van der Waals surface area contributed by atoms with Crippen LogP contribution in [0.4, 0.5) is 0 Å². The number of hydrogen-bond acceptors (Lipinski definition) is 4. The van der Waals surface area contributed by atoms with E-state index < -0.39 is 0 Å². The van der Waals surface area contributed by atoms with Gasteiger partial charge in [0.15, 0.2) is 0 Å². The average Bonchev–Trinajstić information content (AvgIpc) is 2.19. The predicted octanol–water partition coefficient (Wildman–Crippen LogP) is 1.45. The van der Waals surface area contributed by atoms with Crippen molar-refractivity contribution in [1.82, 2.24) is 0 Å². The summed E-state index contributed by atoms with van der Waals surface area (Å²) in [6, 6.07) is 0. The van der Waals surface area contributed by atoms with E-state index in [0.29, 0.717) is 12.8 Å². The summed E-state index contributed by atoms with van der Waals surface area (Å²) in [5.74, 6) is -0.753. The highest BCUT2D eigenvalue weighted by molar-refractivity contribution is 5.73. The molecule has 0 bridgehead atoms. The molecule has 0 aliphatic heterocycles. The SMILES string of the molecule is COC(=O)[C@@H]1CC=C(C)[C@H](OC(C)=O)C1. The molecule has 4 heteroatoms. The summed E-state index contributed by atoms with van der Waals surface area (Å²) in [5.41, 5.74) is 1.00. The number of hydrogen-bond donors (Lipinski definition) is 0. The maximum Gasteiger partial charge on any atom is 0.309 e. The zero-order valence-electron chi connectivity index (χ0n) is 9.28. The van der Waals surface area contributed by atoms with Gasteiger partial charge in [-0.25, -0.2) is 0 Å². The van der Waals surface area contributed by atoms with Crippen molar-refractivity contribution in [1.29, 1.82) is 0 Å². The molecule has 0 saturated heterocycles. The second kappa shape index (κ2) is 4.96. The van der Waals surface area contributed by atoms with Gasteiger partial charge in [0.25, 0.3) is 0 Å². The molecule has 0 fully saturated rings. The zero-order valence-corrected chi connectivity index (χ0v) is 9.28. The van der Waals surface area contributed by atoms with Crippen LogP contribution in [0.5, 0.6) is 0 Å². The van der Waals surface area contributed by atoms with Crippen molar-refractivity contribution in [3.05, 3.63) is 11.6 Å². The monoisotopic (exact) mass is 212 g/mol. The van der Waals surface area contributed by atoms with Crippen LogP contribution in [0, 0.1) is 5.92 Å². The summed E-state index contributed by atoms with van der Waals surface area (Å²) in [4.78, 5) is 22.2. The van der Waals surface area contributed by atoms with E-state index in [9.17, 15) is 9.59 Å². The highest BCUT2D eigenvalue weighted by Gasteiger charge is 2.29. The van der Waals surface area contributed by atoms with Gasteiger partial charge in [0.2, 0.25) is 0 Å². The number of ether oxygens (including phenoxy) is 2. The molecule has 0 heterocycles. The molecule has 0 spiro atoms. The summed E-state index contributed by atoms with van der Waals surface area (Å²) < 4.78 is 9.78. The fourth-order valence-electron chi connectivity index (χ4n) is 1.70. The largest absolute Gasteiger partial charge is 0.469 e. The normalized spacial score (nSPS) is 25.4. The lowest BCUT2D eigenvalue weighted by Crippen LogP contribution is -2.29. The molecular weight excluding hydrogens is 196 g/mol. The average molecular weight is 212 g/mol. The fraction of sp³-hybridized carbons (Fsp3) is 0.636. The van der Waals surface area contributed by atoms with Crippen LogP contribution >= 0.6 is 0 Å². The quantitative estimate of drug-likeness (QED) is 0.513. The van der Waals surface area contributed by atoms with Crippen LogP contribution in [0.15, 0.2) is 11.6 Å². The minimum atomic E-state index is -0.321. The Morgan fingerprint density at radius 3 is 2.67 bits per heavy atom. The zero-order chi connectivity index (χ0) is 11.4. The van der Waals surface area contributed by atoms with Crippen LogP contribution in [0.3, 0.4) is 0 Å². The van der Waals surface area contributed by atoms with Crippen molar-refractivity contribution in [2.45, 2.75) is 32.8 Å². The second-order valence-electron chi connectivity index (χ2n) is 3.74. The Balaban J connectivity index is 2.65. The van der Waals surface area contributed by atoms with Gasteiger partial charge in [-0.3, -0.25) is 9.59 Å². The van der Waals surface area contributed by atoms with Crippen LogP contribution in [-0.4, -0.2) is 25.2 Å². The second-order valence-corrected chi connectivity index (χ2v) is 3.74. The number of esters is 2. The van der Waals surface area contributed by atoms with Crippen molar-refractivity contribution < 1.29 is 19.1 Å². The van der Waals surface area contributed by atoms with Crippen LogP contribution in [0.2, 0.25) is 0 Å². The van der Waals surface area contributed by atoms with Crippen molar-refractivity contribution in [3.63, 3.8) is 0 Å². The van der Waals surface area contributed by atoms with E-state index in [0.717, 1.165) is 5.57 Å². The molecule has 0 aromatic rings. The lowest BCUT2D eigenvalue weighted by molar-refractivity contribution is -0.152. The smallest absolute Gasteiger partial charge is 0.309 e. The fourth-order valence-corrected chi connectivity index (χ4v) is 1.70. The number of methoxy groups -OCH3 is 1.